The van der Waals surface area contributed by atoms with Crippen molar-refractivity contribution in [3.05, 3.63) is 0 Å². The Hall–Kier alpha value is 1.95. The van der Waals surface area contributed by atoms with Gasteiger partial charge in [0.25, 0.3) is 0 Å². The summed E-state index contributed by atoms with van der Waals surface area (Å²) in [7, 11) is 0. The summed E-state index contributed by atoms with van der Waals surface area (Å²) in [6, 6.07) is 0. The van der Waals surface area contributed by atoms with Gasteiger partial charge in [-0.1, -0.05) is 0 Å². The van der Waals surface area contributed by atoms with Crippen molar-refractivity contribution in [2.45, 2.75) is 68.2 Å². The molecule has 92 valence electrons. The molecule has 0 spiro atoms. The second kappa shape index (κ2) is 8.12. The van der Waals surface area contributed by atoms with Gasteiger partial charge in [0.15, 0.2) is 0 Å². The molecule has 0 fully saturated rings. The Balaban J connectivity index is 4.74. The molecule has 0 aromatic rings. The first-order chi connectivity index (χ1) is 7.07. The minimum atomic E-state index is -1.69. The normalized spacial score (nSPS) is 13.2. The third-order valence-electron chi connectivity index (χ3n) is 4.30. The molecule has 0 nitrogen and oxygen atoms in total. The second-order valence-electron chi connectivity index (χ2n) is 4.59. The minimum absolute atomic E-state index is 1.57. The molecule has 0 N–H and O–H groups in total. The summed E-state index contributed by atoms with van der Waals surface area (Å²) in [5.41, 5.74) is 0. The summed E-state index contributed by atoms with van der Waals surface area (Å²) < 4.78 is 9.45. The third-order valence-corrected chi connectivity index (χ3v) is 96.0. The zero-order valence-electron chi connectivity index (χ0n) is 11.7. The van der Waals surface area contributed by atoms with E-state index >= 15 is 0 Å². The van der Waals surface area contributed by atoms with Gasteiger partial charge in [-0.3, -0.25) is 0 Å². The van der Waals surface area contributed by atoms with Gasteiger partial charge in [-0.25, -0.2) is 0 Å². The van der Waals surface area contributed by atoms with Crippen LogP contribution in [0.3, 0.4) is 0 Å². The molecule has 15 heavy (non-hydrogen) atoms. The fraction of sp³-hybridized carbons (Fsp3) is 1.00. The Morgan fingerprint density at radius 2 is 0.733 bits per heavy atom. The van der Waals surface area contributed by atoms with E-state index in [1.807, 2.05) is 0 Å². The van der Waals surface area contributed by atoms with Gasteiger partial charge in [-0.15, -0.1) is 0 Å². The first-order valence-electron chi connectivity index (χ1n) is 6.77. The van der Waals surface area contributed by atoms with Crippen LogP contribution in [0.15, 0.2) is 0 Å². The van der Waals surface area contributed by atoms with Gasteiger partial charge >= 0.3 is 108 Å². The van der Waals surface area contributed by atoms with Gasteiger partial charge in [0.1, 0.15) is 0 Å². The fourth-order valence-corrected chi connectivity index (χ4v) is 131. The van der Waals surface area contributed by atoms with E-state index < -0.39 is 34.0 Å². The Labute approximate surface area is 107 Å². The van der Waals surface area contributed by atoms with E-state index in [1.54, 1.807) is 26.6 Å². The monoisotopic (exact) mass is 446 g/mol. The zero-order chi connectivity index (χ0) is 11.9. The van der Waals surface area contributed by atoms with Crippen molar-refractivity contribution in [2.24, 2.45) is 0 Å². The molecule has 0 aliphatic rings. The molecule has 0 aliphatic heterocycles. The van der Waals surface area contributed by atoms with Crippen molar-refractivity contribution in [2.75, 3.05) is 0 Å². The van der Waals surface area contributed by atoms with E-state index in [0.717, 1.165) is 0 Å². The molecule has 0 heterocycles. The molecule has 0 radical (unpaired) electrons. The van der Waals surface area contributed by atoms with Crippen LogP contribution in [-0.4, -0.2) is 34.0 Å². The van der Waals surface area contributed by atoms with Crippen LogP contribution >= 0.6 is 6.13 Å². The van der Waals surface area contributed by atoms with Crippen LogP contribution in [0.1, 0.15) is 41.5 Å². The van der Waals surface area contributed by atoms with E-state index in [9.17, 15) is 0 Å². The summed E-state index contributed by atoms with van der Waals surface area (Å²) in [6.07, 6.45) is 2.70. The molecule has 0 unspecified atom stereocenters. The Kier molecular flexibility index (Phi) is 9.17. The molecular formula is C12H30SSn2. The first kappa shape index (κ1) is 16.9. The van der Waals surface area contributed by atoms with Gasteiger partial charge in [0.2, 0.25) is 0 Å². The molecule has 3 heteroatoms. The quantitative estimate of drug-likeness (QED) is 0.432. The maximum atomic E-state index is 2.70. The van der Waals surface area contributed by atoms with E-state index in [0.29, 0.717) is 0 Å². The summed E-state index contributed by atoms with van der Waals surface area (Å²) in [5.74, 6) is 0. The van der Waals surface area contributed by atoms with Crippen LogP contribution in [0.4, 0.5) is 0 Å². The van der Waals surface area contributed by atoms with E-state index in [-0.39, 0.29) is 0 Å². The van der Waals surface area contributed by atoms with E-state index in [2.05, 4.69) is 47.7 Å². The molecule has 0 bridgehead atoms. The first-order valence-corrected chi connectivity index (χ1v) is 26.7. The Bertz CT molecular complexity index is 128. The zero-order valence-corrected chi connectivity index (χ0v) is 18.2. The molecule has 0 aromatic carbocycles. The Morgan fingerprint density at radius 1 is 0.533 bits per heavy atom. The van der Waals surface area contributed by atoms with Crippen molar-refractivity contribution >= 4 is 40.1 Å². The van der Waals surface area contributed by atoms with E-state index in [4.69, 9.17) is 0 Å². The fourth-order valence-electron chi connectivity index (χ4n) is 2.39. The molecule has 0 aliphatic carbocycles. The standard InChI is InChI=1S/6C2H5.S.2Sn/c6*1-2;;;/h6*1H2,2H3;;;. The average molecular weight is 444 g/mol. The average Bonchev–Trinajstić information content (AvgIpc) is 2.33. The molecular weight excluding hydrogens is 414 g/mol. The molecule has 0 saturated carbocycles. The number of rotatable bonds is 8. The van der Waals surface area contributed by atoms with Gasteiger partial charge < -0.3 is 0 Å². The number of hydrogen-bond acceptors (Lipinski definition) is 1. The summed E-state index contributed by atoms with van der Waals surface area (Å²) in [6.45, 7) is 14.9. The second-order valence-corrected chi connectivity index (χ2v) is 55.5. The topological polar surface area (TPSA) is 0 Å². The molecule has 0 amide bonds. The predicted octanol–water partition coefficient (Wildman–Crippen LogP) is 5.73. The van der Waals surface area contributed by atoms with Crippen LogP contribution in [0.2, 0.25) is 26.6 Å². The molecule has 0 saturated heterocycles. The Morgan fingerprint density at radius 3 is 0.867 bits per heavy atom. The van der Waals surface area contributed by atoms with Crippen molar-refractivity contribution in [3.63, 3.8) is 0 Å². The predicted molar refractivity (Wildman–Crippen MR) is 82.0 cm³/mol. The summed E-state index contributed by atoms with van der Waals surface area (Å²) in [5, 5.41) is 0. The third kappa shape index (κ3) is 4.61. The van der Waals surface area contributed by atoms with Gasteiger partial charge in [0.05, 0.1) is 0 Å². The van der Waals surface area contributed by atoms with Crippen molar-refractivity contribution in [1.29, 1.82) is 0 Å². The van der Waals surface area contributed by atoms with Crippen LogP contribution in [-0.2, 0) is 0 Å². The molecule has 0 atom stereocenters. The molecule has 0 rings (SSSR count). The molecule has 0 aromatic heterocycles. The van der Waals surface area contributed by atoms with Gasteiger partial charge in [0, 0.05) is 0 Å². The maximum absolute atomic E-state index is 2.70. The van der Waals surface area contributed by atoms with Crippen LogP contribution in [0, 0.1) is 0 Å². The van der Waals surface area contributed by atoms with Gasteiger partial charge in [-0.05, 0) is 0 Å². The number of hydrogen-bond donors (Lipinski definition) is 0. The van der Waals surface area contributed by atoms with Crippen molar-refractivity contribution in [3.8, 4) is 0 Å². The van der Waals surface area contributed by atoms with Crippen LogP contribution in [0.5, 0.6) is 0 Å². The van der Waals surface area contributed by atoms with Crippen molar-refractivity contribution < 1.29 is 0 Å². The van der Waals surface area contributed by atoms with E-state index in [1.165, 1.54) is 0 Å². The summed E-state index contributed by atoms with van der Waals surface area (Å²) in [4.78, 5) is 0. The van der Waals surface area contributed by atoms with Gasteiger partial charge in [-0.2, -0.15) is 0 Å². The van der Waals surface area contributed by atoms with Crippen LogP contribution < -0.4 is 0 Å². The SMILES string of the molecule is C[CH2][Sn]([CH2]C)([CH2]C)[S][Sn]([CH2]C)([CH2]C)[CH2]C. The summed E-state index contributed by atoms with van der Waals surface area (Å²) >= 11 is -3.38. The van der Waals surface area contributed by atoms with Crippen LogP contribution in [0.25, 0.3) is 0 Å². The van der Waals surface area contributed by atoms with Crippen molar-refractivity contribution in [1.82, 2.24) is 0 Å².